The van der Waals surface area contributed by atoms with Crippen molar-refractivity contribution in [2.24, 2.45) is 0 Å². The molecule has 2 rings (SSSR count). The number of anilines is 1. The second-order valence-electron chi connectivity index (χ2n) is 3.72. The van der Waals surface area contributed by atoms with Crippen molar-refractivity contribution in [3.05, 3.63) is 41.0 Å². The van der Waals surface area contributed by atoms with Crippen molar-refractivity contribution < 1.29 is 17.9 Å². The van der Waals surface area contributed by atoms with Gasteiger partial charge in [0.25, 0.3) is 0 Å². The van der Waals surface area contributed by atoms with E-state index >= 15 is 0 Å². The Balaban J connectivity index is 2.22. The van der Waals surface area contributed by atoms with Gasteiger partial charge in [-0.3, -0.25) is 0 Å². The van der Waals surface area contributed by atoms with Crippen molar-refractivity contribution in [1.29, 1.82) is 0 Å². The molecule has 0 radical (unpaired) electrons. The second kappa shape index (κ2) is 5.54. The maximum Gasteiger partial charge on any atom is 0.416 e. The molecule has 1 aromatic carbocycles. The molecule has 1 heterocycles. The van der Waals surface area contributed by atoms with Gasteiger partial charge in [0, 0.05) is 7.05 Å². The summed E-state index contributed by atoms with van der Waals surface area (Å²) in [4.78, 5) is 7.82. The quantitative estimate of drug-likeness (QED) is 0.931. The highest BCUT2D eigenvalue weighted by Crippen LogP contribution is 2.32. The van der Waals surface area contributed by atoms with Gasteiger partial charge in [-0.15, -0.1) is 0 Å². The van der Waals surface area contributed by atoms with Gasteiger partial charge in [0.05, 0.1) is 11.8 Å². The molecule has 106 valence electrons. The molecule has 0 spiro atoms. The molecule has 1 aromatic heterocycles. The third-order valence-electron chi connectivity index (χ3n) is 2.33. The summed E-state index contributed by atoms with van der Waals surface area (Å²) in [5.41, 5.74) is -0.755. The zero-order valence-corrected chi connectivity index (χ0v) is 11.0. The van der Waals surface area contributed by atoms with Crippen LogP contribution in [-0.2, 0) is 6.18 Å². The van der Waals surface area contributed by atoms with Crippen molar-refractivity contribution in [2.45, 2.75) is 6.18 Å². The van der Waals surface area contributed by atoms with E-state index in [-0.39, 0.29) is 22.6 Å². The molecule has 1 N–H and O–H groups in total. The normalized spacial score (nSPS) is 11.2. The van der Waals surface area contributed by atoms with E-state index in [2.05, 4.69) is 15.3 Å². The molecule has 2 aromatic rings. The lowest BCUT2D eigenvalue weighted by molar-refractivity contribution is -0.137. The van der Waals surface area contributed by atoms with Crippen LogP contribution < -0.4 is 10.1 Å². The molecule has 0 saturated carbocycles. The molecule has 0 fully saturated rings. The van der Waals surface area contributed by atoms with Gasteiger partial charge < -0.3 is 10.1 Å². The predicted octanol–water partition coefficient (Wildman–Crippen LogP) is 3.98. The van der Waals surface area contributed by atoms with Crippen LogP contribution in [0.2, 0.25) is 5.02 Å². The van der Waals surface area contributed by atoms with Crippen LogP contribution in [-0.4, -0.2) is 17.0 Å². The lowest BCUT2D eigenvalue weighted by atomic mass is 10.2. The average molecular weight is 304 g/mol. The van der Waals surface area contributed by atoms with Crippen molar-refractivity contribution in [3.8, 4) is 11.6 Å². The Hall–Kier alpha value is -2.02. The van der Waals surface area contributed by atoms with Crippen LogP contribution in [0.5, 0.6) is 11.6 Å². The lowest BCUT2D eigenvalue weighted by Crippen LogP contribution is -2.04. The number of hydrogen-bond donors (Lipinski definition) is 1. The van der Waals surface area contributed by atoms with Crippen LogP contribution in [0.4, 0.5) is 19.1 Å². The highest BCUT2D eigenvalue weighted by Gasteiger charge is 2.30. The summed E-state index contributed by atoms with van der Waals surface area (Å²) in [5, 5.41) is 2.86. The molecule has 8 heteroatoms. The van der Waals surface area contributed by atoms with E-state index in [4.69, 9.17) is 16.3 Å². The maximum absolute atomic E-state index is 12.4. The topological polar surface area (TPSA) is 47.0 Å². The van der Waals surface area contributed by atoms with Crippen LogP contribution in [0, 0.1) is 0 Å². The molecule has 0 aliphatic heterocycles. The average Bonchev–Trinajstić information content (AvgIpc) is 2.41. The molecule has 20 heavy (non-hydrogen) atoms. The largest absolute Gasteiger partial charge is 0.437 e. The summed E-state index contributed by atoms with van der Waals surface area (Å²) in [7, 11) is 1.62. The lowest BCUT2D eigenvalue weighted by Gasteiger charge is -2.09. The minimum Gasteiger partial charge on any atom is -0.437 e. The first-order valence-electron chi connectivity index (χ1n) is 5.45. The maximum atomic E-state index is 12.4. The molecule has 4 nitrogen and oxygen atoms in total. The molecule has 0 unspecified atom stereocenters. The summed E-state index contributed by atoms with van der Waals surface area (Å²) in [6, 6.07) is 4.23. The number of benzene rings is 1. The van der Waals surface area contributed by atoms with Crippen LogP contribution >= 0.6 is 11.6 Å². The van der Waals surface area contributed by atoms with Gasteiger partial charge in [-0.1, -0.05) is 11.6 Å². The Labute approximate surface area is 117 Å². The molecule has 0 aliphatic rings. The standard InChI is InChI=1S/C12H9ClF3N3O/c1-17-11-18-6-9(13)10(19-11)20-8-4-2-7(3-5-8)12(14,15)16/h2-6H,1H3,(H,17,18,19). The third kappa shape index (κ3) is 3.30. The zero-order valence-electron chi connectivity index (χ0n) is 10.2. The van der Waals surface area contributed by atoms with E-state index in [9.17, 15) is 13.2 Å². The van der Waals surface area contributed by atoms with E-state index in [1.54, 1.807) is 7.05 Å². The first-order chi connectivity index (χ1) is 9.40. The van der Waals surface area contributed by atoms with Crippen molar-refractivity contribution in [3.63, 3.8) is 0 Å². The third-order valence-corrected chi connectivity index (χ3v) is 2.59. The van der Waals surface area contributed by atoms with Crippen LogP contribution in [0.15, 0.2) is 30.5 Å². The molecule has 0 saturated heterocycles. The first-order valence-corrected chi connectivity index (χ1v) is 5.83. The highest BCUT2D eigenvalue weighted by atomic mass is 35.5. The smallest absolute Gasteiger partial charge is 0.416 e. The number of nitrogens with zero attached hydrogens (tertiary/aromatic N) is 2. The number of nitrogens with one attached hydrogen (secondary N) is 1. The molecule has 0 bridgehead atoms. The highest BCUT2D eigenvalue weighted by molar-refractivity contribution is 6.31. The van der Waals surface area contributed by atoms with E-state index < -0.39 is 11.7 Å². The van der Waals surface area contributed by atoms with E-state index in [1.807, 2.05) is 0 Å². The Morgan fingerprint density at radius 3 is 2.40 bits per heavy atom. The van der Waals surface area contributed by atoms with E-state index in [1.165, 1.54) is 18.3 Å². The second-order valence-corrected chi connectivity index (χ2v) is 4.13. The fraction of sp³-hybridized carbons (Fsp3) is 0.167. The van der Waals surface area contributed by atoms with Crippen molar-refractivity contribution >= 4 is 17.5 Å². The summed E-state index contributed by atoms with van der Waals surface area (Å²) >= 11 is 5.85. The van der Waals surface area contributed by atoms with Crippen LogP contribution in [0.25, 0.3) is 0 Å². The number of hydrogen-bond acceptors (Lipinski definition) is 4. The monoisotopic (exact) mass is 303 g/mol. The summed E-state index contributed by atoms with van der Waals surface area (Å²) in [6.45, 7) is 0. The van der Waals surface area contributed by atoms with E-state index in [0.717, 1.165) is 12.1 Å². The van der Waals surface area contributed by atoms with Gasteiger partial charge in [-0.05, 0) is 24.3 Å². The van der Waals surface area contributed by atoms with Crippen LogP contribution in [0.1, 0.15) is 5.56 Å². The number of aromatic nitrogens is 2. The predicted molar refractivity (Wildman–Crippen MR) is 68.1 cm³/mol. The van der Waals surface area contributed by atoms with Gasteiger partial charge in [0.2, 0.25) is 11.8 Å². The number of ether oxygens (including phenoxy) is 1. The molecule has 0 amide bonds. The molecule has 0 atom stereocenters. The minimum atomic E-state index is -4.38. The van der Waals surface area contributed by atoms with Crippen molar-refractivity contribution in [1.82, 2.24) is 9.97 Å². The fourth-order valence-electron chi connectivity index (χ4n) is 1.37. The Morgan fingerprint density at radius 1 is 1.20 bits per heavy atom. The first kappa shape index (κ1) is 14.4. The van der Waals surface area contributed by atoms with Gasteiger partial charge in [-0.2, -0.15) is 18.2 Å². The number of alkyl halides is 3. The summed E-state index contributed by atoms with van der Waals surface area (Å²) in [6.07, 6.45) is -3.05. The SMILES string of the molecule is CNc1ncc(Cl)c(Oc2ccc(C(F)(F)F)cc2)n1. The summed E-state index contributed by atoms with van der Waals surface area (Å²) in [5.74, 6) is 0.544. The van der Waals surface area contributed by atoms with Crippen LogP contribution in [0.3, 0.4) is 0 Å². The van der Waals surface area contributed by atoms with Gasteiger partial charge in [0.15, 0.2) is 0 Å². The molecular weight excluding hydrogens is 295 g/mol. The number of rotatable bonds is 3. The van der Waals surface area contributed by atoms with Gasteiger partial charge >= 0.3 is 6.18 Å². The Kier molecular flexibility index (Phi) is 3.99. The van der Waals surface area contributed by atoms with Gasteiger partial charge in [-0.25, -0.2) is 4.98 Å². The summed E-state index contributed by atoms with van der Waals surface area (Å²) < 4.78 is 42.6. The molecular formula is C12H9ClF3N3O. The Morgan fingerprint density at radius 2 is 1.85 bits per heavy atom. The van der Waals surface area contributed by atoms with Gasteiger partial charge in [0.1, 0.15) is 10.8 Å². The fourth-order valence-corrected chi connectivity index (χ4v) is 1.50. The number of halogens is 4. The Bertz CT molecular complexity index is 602. The minimum absolute atomic E-state index is 0.0609. The van der Waals surface area contributed by atoms with E-state index in [0.29, 0.717) is 0 Å². The molecule has 0 aliphatic carbocycles. The van der Waals surface area contributed by atoms with Crippen molar-refractivity contribution in [2.75, 3.05) is 12.4 Å². The zero-order chi connectivity index (χ0) is 14.8.